The molecule has 0 saturated carbocycles. The molecule has 0 aromatic carbocycles. The third-order valence-electron chi connectivity index (χ3n) is 4.21. The number of carbonyl (C=O) groups is 1. The molecular weight excluding hydrogens is 328 g/mol. The molecule has 1 aliphatic heterocycles. The summed E-state index contributed by atoms with van der Waals surface area (Å²) in [5.41, 5.74) is 9.00. The molecule has 0 bridgehead atoms. The highest BCUT2D eigenvalue weighted by Crippen LogP contribution is 2.22. The number of amides is 1. The van der Waals surface area contributed by atoms with Crippen molar-refractivity contribution in [1.29, 1.82) is 0 Å². The zero-order chi connectivity index (χ0) is 16.2. The second kappa shape index (κ2) is 7.53. The van der Waals surface area contributed by atoms with Gasteiger partial charge in [0.05, 0.1) is 16.8 Å². The first-order valence-corrected chi connectivity index (χ1v) is 9.57. The van der Waals surface area contributed by atoms with Gasteiger partial charge in [0.2, 0.25) is 5.91 Å². The molecular formula is C16H22N4OS2. The summed E-state index contributed by atoms with van der Waals surface area (Å²) in [4.78, 5) is 20.6. The largest absolute Gasteiger partial charge is 0.366 e. The summed E-state index contributed by atoms with van der Waals surface area (Å²) in [5.74, 6) is 0.344. The van der Waals surface area contributed by atoms with Gasteiger partial charge in [-0.05, 0) is 38.4 Å². The van der Waals surface area contributed by atoms with Crippen LogP contribution in [0.25, 0.3) is 0 Å². The Morgan fingerprint density at radius 1 is 1.48 bits per heavy atom. The van der Waals surface area contributed by atoms with Crippen molar-refractivity contribution in [2.24, 2.45) is 11.7 Å². The number of nitrogens with two attached hydrogens (primary N) is 1. The van der Waals surface area contributed by atoms with Crippen molar-refractivity contribution < 1.29 is 4.79 Å². The van der Waals surface area contributed by atoms with Crippen molar-refractivity contribution in [3.05, 3.63) is 38.0 Å². The van der Waals surface area contributed by atoms with Crippen molar-refractivity contribution in [1.82, 2.24) is 15.2 Å². The molecule has 124 valence electrons. The number of rotatable bonds is 7. The highest BCUT2D eigenvalue weighted by Gasteiger charge is 2.20. The predicted octanol–water partition coefficient (Wildman–Crippen LogP) is 2.22. The first-order chi connectivity index (χ1) is 11.1. The standard InChI is InChI=1S/C16H22N4OS2/c1-11-15(23-10-19-11)8-20(6-12-2-3-18-5-12)7-14-4-13(9-22-14)16(17)21/h4,9-10,12,18H,2-3,5-8H2,1H3,(H2,17,21)/t12-/m0/s1. The Labute approximate surface area is 144 Å². The summed E-state index contributed by atoms with van der Waals surface area (Å²) < 4.78 is 0. The second-order valence-corrected chi connectivity index (χ2v) is 7.99. The van der Waals surface area contributed by atoms with Crippen LogP contribution in [0.3, 0.4) is 0 Å². The Morgan fingerprint density at radius 3 is 2.96 bits per heavy atom. The van der Waals surface area contributed by atoms with E-state index < -0.39 is 0 Å². The summed E-state index contributed by atoms with van der Waals surface area (Å²) >= 11 is 3.33. The van der Waals surface area contributed by atoms with Gasteiger partial charge in [0.15, 0.2) is 0 Å². The summed E-state index contributed by atoms with van der Waals surface area (Å²) in [6.45, 7) is 7.10. The van der Waals surface area contributed by atoms with Crippen LogP contribution < -0.4 is 11.1 Å². The Kier molecular flexibility index (Phi) is 5.42. The number of hydrogen-bond donors (Lipinski definition) is 2. The van der Waals surface area contributed by atoms with Crippen molar-refractivity contribution >= 4 is 28.6 Å². The van der Waals surface area contributed by atoms with Gasteiger partial charge in [-0.25, -0.2) is 4.98 Å². The van der Waals surface area contributed by atoms with Crippen LogP contribution in [0.1, 0.15) is 32.2 Å². The lowest BCUT2D eigenvalue weighted by Crippen LogP contribution is -2.29. The number of hydrogen-bond acceptors (Lipinski definition) is 6. The van der Waals surface area contributed by atoms with E-state index in [2.05, 4.69) is 22.1 Å². The molecule has 0 spiro atoms. The fraction of sp³-hybridized carbons (Fsp3) is 0.500. The molecule has 5 nitrogen and oxygen atoms in total. The molecule has 2 aromatic rings. The molecule has 3 N–H and O–H groups in total. The van der Waals surface area contributed by atoms with E-state index in [1.165, 1.54) is 16.2 Å². The fourth-order valence-electron chi connectivity index (χ4n) is 2.91. The van der Waals surface area contributed by atoms with E-state index in [0.717, 1.165) is 38.4 Å². The van der Waals surface area contributed by atoms with Crippen LogP contribution >= 0.6 is 22.7 Å². The van der Waals surface area contributed by atoms with Crippen molar-refractivity contribution in [2.45, 2.75) is 26.4 Å². The number of primary amides is 1. The highest BCUT2D eigenvalue weighted by molar-refractivity contribution is 7.10. The summed E-state index contributed by atoms with van der Waals surface area (Å²) in [5, 5.41) is 5.29. The monoisotopic (exact) mass is 350 g/mol. The van der Waals surface area contributed by atoms with Crippen LogP contribution in [0.4, 0.5) is 0 Å². The Hall–Kier alpha value is -1.28. The van der Waals surface area contributed by atoms with E-state index >= 15 is 0 Å². The molecule has 1 fully saturated rings. The lowest BCUT2D eigenvalue weighted by atomic mass is 10.1. The molecule has 0 radical (unpaired) electrons. The van der Waals surface area contributed by atoms with E-state index in [9.17, 15) is 4.79 Å². The van der Waals surface area contributed by atoms with E-state index in [1.54, 1.807) is 22.7 Å². The molecule has 3 heterocycles. The fourth-order valence-corrected chi connectivity index (χ4v) is 4.65. The number of thiazole rings is 1. The third-order valence-corrected chi connectivity index (χ3v) is 6.05. The first-order valence-electron chi connectivity index (χ1n) is 7.81. The zero-order valence-corrected chi connectivity index (χ0v) is 14.9. The van der Waals surface area contributed by atoms with Crippen LogP contribution in [-0.2, 0) is 13.1 Å². The lowest BCUT2D eigenvalue weighted by Gasteiger charge is -2.24. The zero-order valence-electron chi connectivity index (χ0n) is 13.2. The molecule has 7 heteroatoms. The maximum absolute atomic E-state index is 11.3. The maximum atomic E-state index is 11.3. The van der Waals surface area contributed by atoms with Crippen molar-refractivity contribution in [3.8, 4) is 0 Å². The summed E-state index contributed by atoms with van der Waals surface area (Å²) in [6, 6.07) is 1.92. The van der Waals surface area contributed by atoms with E-state index in [1.807, 2.05) is 17.0 Å². The topological polar surface area (TPSA) is 71.2 Å². The van der Waals surface area contributed by atoms with E-state index in [4.69, 9.17) is 5.73 Å². The average Bonchev–Trinajstić information content (AvgIpc) is 3.23. The number of aromatic nitrogens is 1. The van der Waals surface area contributed by atoms with Gasteiger partial charge in [0.25, 0.3) is 0 Å². The van der Waals surface area contributed by atoms with Gasteiger partial charge < -0.3 is 11.1 Å². The Bertz CT molecular complexity index is 661. The Morgan fingerprint density at radius 2 is 2.35 bits per heavy atom. The van der Waals surface area contributed by atoms with Gasteiger partial charge in [-0.3, -0.25) is 9.69 Å². The molecule has 0 unspecified atom stereocenters. The number of carbonyl (C=O) groups excluding carboxylic acids is 1. The minimum atomic E-state index is -0.350. The number of aryl methyl sites for hydroxylation is 1. The first kappa shape index (κ1) is 16.6. The molecule has 2 aromatic heterocycles. The van der Waals surface area contributed by atoms with Crippen LogP contribution in [0.5, 0.6) is 0 Å². The molecule has 3 rings (SSSR count). The SMILES string of the molecule is Cc1ncsc1CN(Cc1cc(C(N)=O)cs1)C[C@H]1CCNC1. The van der Waals surface area contributed by atoms with Crippen LogP contribution in [0.15, 0.2) is 17.0 Å². The van der Waals surface area contributed by atoms with Crippen LogP contribution in [-0.4, -0.2) is 35.4 Å². The van der Waals surface area contributed by atoms with Gasteiger partial charge >= 0.3 is 0 Å². The normalized spacial score (nSPS) is 17.9. The molecule has 1 atom stereocenters. The quantitative estimate of drug-likeness (QED) is 0.803. The second-order valence-electron chi connectivity index (χ2n) is 6.06. The molecule has 0 aliphatic carbocycles. The van der Waals surface area contributed by atoms with Crippen molar-refractivity contribution in [2.75, 3.05) is 19.6 Å². The van der Waals surface area contributed by atoms with Crippen LogP contribution in [0, 0.1) is 12.8 Å². The smallest absolute Gasteiger partial charge is 0.249 e. The van der Waals surface area contributed by atoms with Gasteiger partial charge in [-0.15, -0.1) is 22.7 Å². The molecule has 23 heavy (non-hydrogen) atoms. The average molecular weight is 351 g/mol. The minimum absolute atomic E-state index is 0.350. The number of nitrogens with one attached hydrogen (secondary N) is 1. The lowest BCUT2D eigenvalue weighted by molar-refractivity contribution is 0.100. The van der Waals surface area contributed by atoms with Gasteiger partial charge in [-0.1, -0.05) is 0 Å². The summed E-state index contributed by atoms with van der Waals surface area (Å²) in [6.07, 6.45) is 1.23. The number of nitrogens with zero attached hydrogens (tertiary/aromatic N) is 2. The Balaban J connectivity index is 1.70. The van der Waals surface area contributed by atoms with E-state index in [0.29, 0.717) is 11.5 Å². The van der Waals surface area contributed by atoms with Gasteiger partial charge in [0, 0.05) is 34.8 Å². The third kappa shape index (κ3) is 4.38. The predicted molar refractivity (Wildman–Crippen MR) is 94.8 cm³/mol. The molecule has 1 amide bonds. The van der Waals surface area contributed by atoms with Gasteiger partial charge in [0.1, 0.15) is 0 Å². The minimum Gasteiger partial charge on any atom is -0.366 e. The van der Waals surface area contributed by atoms with Crippen molar-refractivity contribution in [3.63, 3.8) is 0 Å². The van der Waals surface area contributed by atoms with Crippen LogP contribution in [0.2, 0.25) is 0 Å². The summed E-state index contributed by atoms with van der Waals surface area (Å²) in [7, 11) is 0. The van der Waals surface area contributed by atoms with E-state index in [-0.39, 0.29) is 5.91 Å². The number of thiophene rings is 1. The highest BCUT2D eigenvalue weighted by atomic mass is 32.1. The molecule has 1 aliphatic rings. The maximum Gasteiger partial charge on any atom is 0.249 e. The van der Waals surface area contributed by atoms with Gasteiger partial charge in [-0.2, -0.15) is 0 Å². The molecule has 1 saturated heterocycles.